The van der Waals surface area contributed by atoms with Crippen molar-refractivity contribution in [3.8, 4) is 5.75 Å². The van der Waals surface area contributed by atoms with E-state index in [2.05, 4.69) is 61.6 Å². The maximum absolute atomic E-state index is 5.31. The Kier molecular flexibility index (Phi) is 5.05. The van der Waals surface area contributed by atoms with Crippen molar-refractivity contribution in [2.45, 2.75) is 32.7 Å². The first kappa shape index (κ1) is 14.4. The Hall–Kier alpha value is -1.96. The van der Waals surface area contributed by atoms with E-state index in [0.29, 0.717) is 6.04 Å². The molecule has 0 saturated heterocycles. The fourth-order valence-corrected chi connectivity index (χ4v) is 2.47. The van der Waals surface area contributed by atoms with E-state index in [1.54, 1.807) is 7.11 Å². The second-order valence-electron chi connectivity index (χ2n) is 5.08. The van der Waals surface area contributed by atoms with Gasteiger partial charge in [-0.2, -0.15) is 0 Å². The molecular formula is C18H23NO. The second-order valence-corrected chi connectivity index (χ2v) is 5.08. The summed E-state index contributed by atoms with van der Waals surface area (Å²) in [5, 5.41) is 3.63. The van der Waals surface area contributed by atoms with Gasteiger partial charge in [0.1, 0.15) is 5.75 Å². The second kappa shape index (κ2) is 6.99. The lowest BCUT2D eigenvalue weighted by molar-refractivity contribution is 0.412. The third kappa shape index (κ3) is 3.53. The highest BCUT2D eigenvalue weighted by molar-refractivity contribution is 5.52. The third-order valence-electron chi connectivity index (χ3n) is 3.52. The molecule has 0 aromatic heterocycles. The van der Waals surface area contributed by atoms with Crippen LogP contribution in [0, 0.1) is 6.92 Å². The molecule has 2 nitrogen and oxygen atoms in total. The van der Waals surface area contributed by atoms with E-state index in [1.807, 2.05) is 6.07 Å². The monoisotopic (exact) mass is 269 g/mol. The van der Waals surface area contributed by atoms with Crippen LogP contribution in [0.3, 0.4) is 0 Å². The van der Waals surface area contributed by atoms with Crippen LogP contribution >= 0.6 is 0 Å². The van der Waals surface area contributed by atoms with Crippen molar-refractivity contribution >= 4 is 5.69 Å². The highest BCUT2D eigenvalue weighted by Crippen LogP contribution is 2.27. The number of aryl methyl sites for hydroxylation is 1. The van der Waals surface area contributed by atoms with Gasteiger partial charge in [-0.3, -0.25) is 0 Å². The van der Waals surface area contributed by atoms with Crippen molar-refractivity contribution in [1.29, 1.82) is 0 Å². The van der Waals surface area contributed by atoms with Crippen molar-refractivity contribution in [3.63, 3.8) is 0 Å². The van der Waals surface area contributed by atoms with Crippen LogP contribution in [-0.2, 0) is 0 Å². The van der Waals surface area contributed by atoms with Crippen LogP contribution in [0.25, 0.3) is 0 Å². The van der Waals surface area contributed by atoms with Crippen LogP contribution in [0.15, 0.2) is 48.5 Å². The number of methoxy groups -OCH3 is 1. The van der Waals surface area contributed by atoms with Gasteiger partial charge in [-0.25, -0.2) is 0 Å². The molecule has 0 saturated carbocycles. The fourth-order valence-electron chi connectivity index (χ4n) is 2.47. The van der Waals surface area contributed by atoms with Crippen LogP contribution in [0.4, 0.5) is 5.69 Å². The van der Waals surface area contributed by atoms with E-state index in [1.165, 1.54) is 5.56 Å². The lowest BCUT2D eigenvalue weighted by Gasteiger charge is -2.20. The molecule has 2 aromatic rings. The van der Waals surface area contributed by atoms with E-state index in [9.17, 15) is 0 Å². The average molecular weight is 269 g/mol. The molecule has 0 fully saturated rings. The Balaban J connectivity index is 2.18. The van der Waals surface area contributed by atoms with Crippen LogP contribution < -0.4 is 10.1 Å². The number of anilines is 1. The molecule has 20 heavy (non-hydrogen) atoms. The van der Waals surface area contributed by atoms with E-state index in [4.69, 9.17) is 4.74 Å². The molecule has 2 heteroatoms. The Morgan fingerprint density at radius 2 is 1.85 bits per heavy atom. The topological polar surface area (TPSA) is 21.3 Å². The van der Waals surface area contributed by atoms with Gasteiger partial charge in [0.25, 0.3) is 0 Å². The van der Waals surface area contributed by atoms with Gasteiger partial charge < -0.3 is 10.1 Å². The summed E-state index contributed by atoms with van der Waals surface area (Å²) in [7, 11) is 1.71. The lowest BCUT2D eigenvalue weighted by atomic mass is 10.0. The fraction of sp³-hybridized carbons (Fsp3) is 0.333. The van der Waals surface area contributed by atoms with Gasteiger partial charge in [-0.05, 0) is 42.7 Å². The average Bonchev–Trinajstić information content (AvgIpc) is 2.48. The molecule has 0 bridgehead atoms. The van der Waals surface area contributed by atoms with E-state index in [-0.39, 0.29) is 0 Å². The highest BCUT2D eigenvalue weighted by Gasteiger charge is 2.10. The SMILES string of the molecule is CCCC(Nc1ccc(OC)c(C)c1)c1ccccc1. The normalized spacial score (nSPS) is 11.9. The van der Waals surface area contributed by atoms with Gasteiger partial charge >= 0.3 is 0 Å². The summed E-state index contributed by atoms with van der Waals surface area (Å²) in [6, 6.07) is 17.2. The Morgan fingerprint density at radius 1 is 1.10 bits per heavy atom. The predicted octanol–water partition coefficient (Wildman–Crippen LogP) is 4.96. The molecular weight excluding hydrogens is 246 g/mol. The molecule has 0 aliphatic carbocycles. The molecule has 0 heterocycles. The largest absolute Gasteiger partial charge is 0.496 e. The van der Waals surface area contributed by atoms with Gasteiger partial charge in [-0.15, -0.1) is 0 Å². The first-order valence-corrected chi connectivity index (χ1v) is 7.20. The van der Waals surface area contributed by atoms with E-state index in [0.717, 1.165) is 29.8 Å². The zero-order valence-corrected chi connectivity index (χ0v) is 12.5. The van der Waals surface area contributed by atoms with Crippen molar-refractivity contribution in [1.82, 2.24) is 0 Å². The van der Waals surface area contributed by atoms with Crippen molar-refractivity contribution in [2.24, 2.45) is 0 Å². The molecule has 0 amide bonds. The molecule has 0 spiro atoms. The first-order valence-electron chi connectivity index (χ1n) is 7.20. The van der Waals surface area contributed by atoms with Crippen LogP contribution in [0.5, 0.6) is 5.75 Å². The summed E-state index contributed by atoms with van der Waals surface area (Å²) in [6.07, 6.45) is 2.27. The number of hydrogen-bond acceptors (Lipinski definition) is 2. The number of ether oxygens (including phenoxy) is 1. The molecule has 1 atom stereocenters. The number of rotatable bonds is 6. The maximum atomic E-state index is 5.31. The van der Waals surface area contributed by atoms with Crippen LogP contribution in [0.2, 0.25) is 0 Å². The van der Waals surface area contributed by atoms with Crippen LogP contribution in [0.1, 0.15) is 36.9 Å². The zero-order valence-electron chi connectivity index (χ0n) is 12.5. The van der Waals surface area contributed by atoms with E-state index >= 15 is 0 Å². The van der Waals surface area contributed by atoms with Gasteiger partial charge in [0, 0.05) is 5.69 Å². The van der Waals surface area contributed by atoms with Crippen molar-refractivity contribution < 1.29 is 4.74 Å². The number of nitrogens with one attached hydrogen (secondary N) is 1. The smallest absolute Gasteiger partial charge is 0.121 e. The van der Waals surface area contributed by atoms with Gasteiger partial charge in [-0.1, -0.05) is 43.7 Å². The summed E-state index contributed by atoms with van der Waals surface area (Å²) < 4.78 is 5.31. The Labute approximate surface area is 121 Å². The quantitative estimate of drug-likeness (QED) is 0.800. The number of hydrogen-bond donors (Lipinski definition) is 1. The number of benzene rings is 2. The standard InChI is InChI=1S/C18H23NO/c1-4-8-17(15-9-6-5-7-10-15)19-16-11-12-18(20-3)14(2)13-16/h5-7,9-13,17,19H,4,8H2,1-3H3. The summed E-state index contributed by atoms with van der Waals surface area (Å²) >= 11 is 0. The highest BCUT2D eigenvalue weighted by atomic mass is 16.5. The maximum Gasteiger partial charge on any atom is 0.121 e. The Bertz CT molecular complexity index is 536. The zero-order chi connectivity index (χ0) is 14.4. The summed E-state index contributed by atoms with van der Waals surface area (Å²) in [5.74, 6) is 0.933. The predicted molar refractivity (Wildman–Crippen MR) is 85.4 cm³/mol. The van der Waals surface area contributed by atoms with Gasteiger partial charge in [0.15, 0.2) is 0 Å². The molecule has 106 valence electrons. The summed E-state index contributed by atoms with van der Waals surface area (Å²) in [6.45, 7) is 4.29. The van der Waals surface area contributed by atoms with E-state index < -0.39 is 0 Å². The lowest BCUT2D eigenvalue weighted by Crippen LogP contribution is -2.10. The molecule has 2 rings (SSSR count). The first-order chi connectivity index (χ1) is 9.74. The summed E-state index contributed by atoms with van der Waals surface area (Å²) in [4.78, 5) is 0. The molecule has 0 aliphatic rings. The minimum atomic E-state index is 0.356. The molecule has 1 unspecified atom stereocenters. The molecule has 1 N–H and O–H groups in total. The van der Waals surface area contributed by atoms with Crippen LogP contribution in [-0.4, -0.2) is 7.11 Å². The Morgan fingerprint density at radius 3 is 2.45 bits per heavy atom. The van der Waals surface area contributed by atoms with Gasteiger partial charge in [0.2, 0.25) is 0 Å². The van der Waals surface area contributed by atoms with Crippen molar-refractivity contribution in [3.05, 3.63) is 59.7 Å². The van der Waals surface area contributed by atoms with Crippen molar-refractivity contribution in [2.75, 3.05) is 12.4 Å². The molecule has 0 radical (unpaired) electrons. The molecule has 0 aliphatic heterocycles. The minimum absolute atomic E-state index is 0.356. The summed E-state index contributed by atoms with van der Waals surface area (Å²) in [5.41, 5.74) is 3.63. The molecule has 2 aromatic carbocycles. The van der Waals surface area contributed by atoms with Gasteiger partial charge in [0.05, 0.1) is 13.2 Å². The minimum Gasteiger partial charge on any atom is -0.496 e. The third-order valence-corrected chi connectivity index (χ3v) is 3.52.